The lowest BCUT2D eigenvalue weighted by Crippen LogP contribution is -3.14. The van der Waals surface area contributed by atoms with Crippen molar-refractivity contribution in [1.82, 2.24) is 5.32 Å². The minimum atomic E-state index is 0.691. The van der Waals surface area contributed by atoms with E-state index in [1.165, 1.54) is 12.2 Å². The third kappa shape index (κ3) is 6.11. The summed E-state index contributed by atoms with van der Waals surface area (Å²) in [5.74, 6) is 0. The van der Waals surface area contributed by atoms with Gasteiger partial charge < -0.3 is 29.9 Å². The van der Waals surface area contributed by atoms with Crippen molar-refractivity contribution < 1.29 is 14.4 Å². The van der Waals surface area contributed by atoms with E-state index in [2.05, 4.69) is 39.8 Å². The number of morpholine rings is 2. The molecule has 1 aromatic rings. The monoisotopic (exact) mass is 365 g/mol. The molecule has 2 aliphatic heterocycles. The summed E-state index contributed by atoms with van der Waals surface area (Å²) in [5, 5.41) is 7.25. The van der Waals surface area contributed by atoms with Crippen molar-refractivity contribution in [3.05, 3.63) is 24.3 Å². The average Bonchev–Trinajstić information content (AvgIpc) is 2.67. The first-order valence-corrected chi connectivity index (χ1v) is 9.61. The van der Waals surface area contributed by atoms with E-state index in [9.17, 15) is 0 Å². The minimum Gasteiger partial charge on any atom is -0.378 e. The maximum absolute atomic E-state index is 5.40. The molecule has 0 aliphatic carbocycles. The van der Waals surface area contributed by atoms with Gasteiger partial charge >= 0.3 is 0 Å². The molecule has 7 heteroatoms. The Morgan fingerprint density at radius 2 is 1.72 bits per heavy atom. The number of nitrogens with zero attached hydrogens (tertiary/aromatic N) is 1. The summed E-state index contributed by atoms with van der Waals surface area (Å²) in [4.78, 5) is 3.98. The first kappa shape index (κ1) is 18.4. The Labute approximate surface area is 155 Å². The molecule has 2 aliphatic rings. The molecular formula is C18H29N4O2S+. The molecule has 6 nitrogen and oxygen atoms in total. The van der Waals surface area contributed by atoms with Crippen LogP contribution in [0.5, 0.6) is 0 Å². The van der Waals surface area contributed by atoms with Gasteiger partial charge in [0.15, 0.2) is 5.11 Å². The number of thiocarbonyl (C=S) groups is 1. The van der Waals surface area contributed by atoms with Gasteiger partial charge in [0.05, 0.1) is 33.0 Å². The van der Waals surface area contributed by atoms with Gasteiger partial charge in [0.1, 0.15) is 13.1 Å². The number of nitrogens with one attached hydrogen (secondary N) is 3. The van der Waals surface area contributed by atoms with Crippen LogP contribution >= 0.6 is 12.2 Å². The first-order chi connectivity index (χ1) is 12.3. The van der Waals surface area contributed by atoms with Crippen molar-refractivity contribution in [3.63, 3.8) is 0 Å². The van der Waals surface area contributed by atoms with E-state index in [0.29, 0.717) is 5.11 Å². The Hall–Kier alpha value is -1.41. The van der Waals surface area contributed by atoms with Gasteiger partial charge in [-0.05, 0) is 36.5 Å². The van der Waals surface area contributed by atoms with Gasteiger partial charge in [-0.3, -0.25) is 0 Å². The Balaban J connectivity index is 1.34. The Bertz CT molecular complexity index is 528. The van der Waals surface area contributed by atoms with Crippen LogP contribution in [-0.2, 0) is 9.47 Å². The fourth-order valence-electron chi connectivity index (χ4n) is 3.20. The molecule has 0 aromatic heterocycles. The van der Waals surface area contributed by atoms with Crippen LogP contribution in [0.3, 0.4) is 0 Å². The minimum absolute atomic E-state index is 0.691. The maximum Gasteiger partial charge on any atom is 0.170 e. The number of benzene rings is 1. The van der Waals surface area contributed by atoms with Gasteiger partial charge in [0, 0.05) is 37.4 Å². The predicted octanol–water partition coefficient (Wildman–Crippen LogP) is 0.115. The highest BCUT2D eigenvalue weighted by atomic mass is 32.1. The van der Waals surface area contributed by atoms with Crippen molar-refractivity contribution >= 4 is 28.7 Å². The van der Waals surface area contributed by atoms with Crippen molar-refractivity contribution in [1.29, 1.82) is 0 Å². The van der Waals surface area contributed by atoms with Crippen molar-refractivity contribution in [2.75, 3.05) is 75.9 Å². The summed E-state index contributed by atoms with van der Waals surface area (Å²) in [6.07, 6.45) is 1.12. The summed E-state index contributed by atoms with van der Waals surface area (Å²) in [6.45, 7) is 9.63. The number of anilines is 2. The lowest BCUT2D eigenvalue weighted by molar-refractivity contribution is -0.908. The molecule has 3 rings (SSSR count). The maximum atomic E-state index is 5.40. The third-order valence-electron chi connectivity index (χ3n) is 4.69. The zero-order valence-electron chi connectivity index (χ0n) is 14.8. The van der Waals surface area contributed by atoms with Crippen LogP contribution in [-0.4, -0.2) is 70.8 Å². The van der Waals surface area contributed by atoms with Crippen LogP contribution in [0.2, 0.25) is 0 Å². The van der Waals surface area contributed by atoms with Crippen LogP contribution < -0.4 is 20.4 Å². The molecule has 0 radical (unpaired) electrons. The fourth-order valence-corrected chi connectivity index (χ4v) is 3.42. The quantitative estimate of drug-likeness (QED) is 0.492. The largest absolute Gasteiger partial charge is 0.378 e. The van der Waals surface area contributed by atoms with Crippen molar-refractivity contribution in [2.45, 2.75) is 6.42 Å². The fraction of sp³-hybridized carbons (Fsp3) is 0.611. The summed E-state index contributed by atoms with van der Waals surface area (Å²) in [5.41, 5.74) is 2.26. The molecule has 25 heavy (non-hydrogen) atoms. The molecule has 0 atom stereocenters. The Morgan fingerprint density at radius 3 is 2.44 bits per heavy atom. The molecule has 2 heterocycles. The molecule has 0 spiro atoms. The summed E-state index contributed by atoms with van der Waals surface area (Å²) < 4.78 is 10.8. The summed E-state index contributed by atoms with van der Waals surface area (Å²) in [7, 11) is 0. The van der Waals surface area contributed by atoms with E-state index in [-0.39, 0.29) is 0 Å². The standard InChI is InChI=1S/C18H28N4O2S/c25-18(19-6-1-7-21-8-12-23-13-9-21)20-16-2-4-17(5-3-16)22-10-14-24-15-11-22/h2-5H,1,6-15H2,(H2,19,20,25)/p+1. The highest BCUT2D eigenvalue weighted by Crippen LogP contribution is 2.18. The number of hydrogen-bond donors (Lipinski definition) is 3. The molecule has 2 saturated heterocycles. The Morgan fingerprint density at radius 1 is 1.04 bits per heavy atom. The lowest BCUT2D eigenvalue weighted by atomic mass is 10.2. The Kier molecular flexibility index (Phi) is 7.29. The van der Waals surface area contributed by atoms with Crippen LogP contribution in [0.1, 0.15) is 6.42 Å². The molecule has 0 saturated carbocycles. The van der Waals surface area contributed by atoms with Crippen molar-refractivity contribution in [3.8, 4) is 0 Å². The van der Waals surface area contributed by atoms with Crippen LogP contribution in [0, 0.1) is 0 Å². The van der Waals surface area contributed by atoms with Crippen LogP contribution in [0.25, 0.3) is 0 Å². The van der Waals surface area contributed by atoms with Gasteiger partial charge in [-0.2, -0.15) is 0 Å². The third-order valence-corrected chi connectivity index (χ3v) is 4.94. The molecule has 0 amide bonds. The number of ether oxygens (including phenoxy) is 2. The molecule has 0 unspecified atom stereocenters. The van der Waals surface area contributed by atoms with Gasteiger partial charge in [-0.25, -0.2) is 0 Å². The molecule has 3 N–H and O–H groups in total. The van der Waals surface area contributed by atoms with Gasteiger partial charge in [-0.1, -0.05) is 0 Å². The van der Waals surface area contributed by atoms with E-state index < -0.39 is 0 Å². The topological polar surface area (TPSA) is 50.2 Å². The zero-order valence-corrected chi connectivity index (χ0v) is 15.6. The molecular weight excluding hydrogens is 336 g/mol. The SMILES string of the molecule is S=C(NCCC[NH+]1CCOCC1)Nc1ccc(N2CCOCC2)cc1. The van der Waals surface area contributed by atoms with Crippen LogP contribution in [0.4, 0.5) is 11.4 Å². The highest BCUT2D eigenvalue weighted by Gasteiger charge is 2.13. The smallest absolute Gasteiger partial charge is 0.170 e. The second-order valence-corrected chi connectivity index (χ2v) is 6.90. The normalized spacial score (nSPS) is 18.8. The molecule has 138 valence electrons. The zero-order chi connectivity index (χ0) is 17.3. The van der Waals surface area contributed by atoms with E-state index in [0.717, 1.165) is 71.3 Å². The number of quaternary nitrogens is 1. The van der Waals surface area contributed by atoms with E-state index in [4.69, 9.17) is 21.7 Å². The van der Waals surface area contributed by atoms with E-state index in [1.54, 1.807) is 4.90 Å². The van der Waals surface area contributed by atoms with Crippen LogP contribution in [0.15, 0.2) is 24.3 Å². The average molecular weight is 366 g/mol. The van der Waals surface area contributed by atoms with E-state index >= 15 is 0 Å². The number of hydrogen-bond acceptors (Lipinski definition) is 4. The molecule has 2 fully saturated rings. The lowest BCUT2D eigenvalue weighted by Gasteiger charge is -2.29. The van der Waals surface area contributed by atoms with E-state index in [1.807, 2.05) is 0 Å². The highest BCUT2D eigenvalue weighted by molar-refractivity contribution is 7.80. The van der Waals surface area contributed by atoms with Crippen molar-refractivity contribution in [2.24, 2.45) is 0 Å². The predicted molar refractivity (Wildman–Crippen MR) is 105 cm³/mol. The summed E-state index contributed by atoms with van der Waals surface area (Å²) >= 11 is 5.39. The summed E-state index contributed by atoms with van der Waals surface area (Å²) in [6, 6.07) is 8.43. The van der Waals surface area contributed by atoms with Gasteiger partial charge in [0.2, 0.25) is 0 Å². The second kappa shape index (κ2) is 9.91. The molecule has 1 aromatic carbocycles. The van der Waals surface area contributed by atoms with Gasteiger partial charge in [0.25, 0.3) is 0 Å². The first-order valence-electron chi connectivity index (χ1n) is 9.20. The van der Waals surface area contributed by atoms with Gasteiger partial charge in [-0.15, -0.1) is 0 Å². The molecule has 0 bridgehead atoms. The second-order valence-electron chi connectivity index (χ2n) is 6.49. The number of rotatable bonds is 6.